The summed E-state index contributed by atoms with van der Waals surface area (Å²) in [5.74, 6) is 1.80. The number of rotatable bonds is 4. The summed E-state index contributed by atoms with van der Waals surface area (Å²) in [4.78, 5) is 1.15. The second-order valence-corrected chi connectivity index (χ2v) is 6.97. The van der Waals surface area contributed by atoms with Gasteiger partial charge >= 0.3 is 0 Å². The first-order valence-electron chi connectivity index (χ1n) is 6.05. The third kappa shape index (κ3) is 2.82. The molecule has 3 nitrogen and oxygen atoms in total. The van der Waals surface area contributed by atoms with E-state index in [-0.39, 0.29) is 0 Å². The number of thioether (sulfide) groups is 1. The zero-order valence-electron chi connectivity index (χ0n) is 10.8. The van der Waals surface area contributed by atoms with Crippen LogP contribution in [0.5, 0.6) is 0 Å². The van der Waals surface area contributed by atoms with Crippen LogP contribution in [0.4, 0.5) is 0 Å². The number of thiophene rings is 1. The Labute approximate surface area is 134 Å². The summed E-state index contributed by atoms with van der Waals surface area (Å²) < 4.78 is 3.18. The molecule has 2 aromatic heterocycles. The van der Waals surface area contributed by atoms with Crippen LogP contribution in [0.1, 0.15) is 5.56 Å². The maximum atomic E-state index is 4.28. The fraction of sp³-hybridized carbons (Fsp3) is 0.143. The largest absolute Gasteiger partial charge is 0.304 e. The third-order valence-electron chi connectivity index (χ3n) is 2.89. The first-order chi connectivity index (χ1) is 9.75. The first kappa shape index (κ1) is 13.9. The fourth-order valence-corrected chi connectivity index (χ4v) is 4.09. The van der Waals surface area contributed by atoms with Crippen molar-refractivity contribution in [1.29, 1.82) is 0 Å². The van der Waals surface area contributed by atoms with Crippen molar-refractivity contribution >= 4 is 39.0 Å². The monoisotopic (exact) mass is 365 g/mol. The SMILES string of the molecule is Cn1c(SCc2ccccc2Br)nnc1-c1cccs1. The summed E-state index contributed by atoms with van der Waals surface area (Å²) in [6.07, 6.45) is 0. The van der Waals surface area contributed by atoms with Crippen LogP contribution in [-0.2, 0) is 12.8 Å². The van der Waals surface area contributed by atoms with Crippen LogP contribution >= 0.6 is 39.0 Å². The zero-order chi connectivity index (χ0) is 13.9. The molecule has 2 heterocycles. The highest BCUT2D eigenvalue weighted by Crippen LogP contribution is 2.29. The zero-order valence-corrected chi connectivity index (χ0v) is 14.0. The maximum absolute atomic E-state index is 4.28. The molecule has 0 aliphatic heterocycles. The van der Waals surface area contributed by atoms with Crippen LogP contribution in [0.3, 0.4) is 0 Å². The van der Waals surface area contributed by atoms with Gasteiger partial charge in [-0.15, -0.1) is 21.5 Å². The minimum absolute atomic E-state index is 0.873. The van der Waals surface area contributed by atoms with E-state index < -0.39 is 0 Å². The Balaban J connectivity index is 1.78. The molecule has 0 fully saturated rings. The molecule has 3 rings (SSSR count). The van der Waals surface area contributed by atoms with Crippen LogP contribution < -0.4 is 0 Å². The molecular weight excluding hydrogens is 354 g/mol. The summed E-state index contributed by atoms with van der Waals surface area (Å²) in [6, 6.07) is 12.3. The average molecular weight is 366 g/mol. The summed E-state index contributed by atoms with van der Waals surface area (Å²) in [7, 11) is 2.01. The van der Waals surface area contributed by atoms with Crippen molar-refractivity contribution in [1.82, 2.24) is 14.8 Å². The molecule has 0 spiro atoms. The van der Waals surface area contributed by atoms with Crippen molar-refractivity contribution in [3.8, 4) is 10.7 Å². The molecule has 0 amide bonds. The Morgan fingerprint density at radius 2 is 2.05 bits per heavy atom. The second-order valence-electron chi connectivity index (χ2n) is 4.22. The van der Waals surface area contributed by atoms with Crippen molar-refractivity contribution in [2.45, 2.75) is 10.9 Å². The van der Waals surface area contributed by atoms with Gasteiger partial charge in [-0.1, -0.05) is 52.0 Å². The van der Waals surface area contributed by atoms with E-state index in [0.29, 0.717) is 0 Å². The summed E-state index contributed by atoms with van der Waals surface area (Å²) in [5.41, 5.74) is 1.26. The van der Waals surface area contributed by atoms with E-state index in [9.17, 15) is 0 Å². The fourth-order valence-electron chi connectivity index (χ4n) is 1.82. The van der Waals surface area contributed by atoms with Crippen molar-refractivity contribution < 1.29 is 0 Å². The Morgan fingerprint density at radius 3 is 2.80 bits per heavy atom. The molecule has 0 unspecified atom stereocenters. The molecule has 0 radical (unpaired) electrons. The van der Waals surface area contributed by atoms with E-state index in [0.717, 1.165) is 26.1 Å². The predicted octanol–water partition coefficient (Wildman–Crippen LogP) is 4.60. The van der Waals surface area contributed by atoms with Gasteiger partial charge in [-0.2, -0.15) is 0 Å². The lowest BCUT2D eigenvalue weighted by molar-refractivity contribution is 0.794. The molecular formula is C14H12BrN3S2. The van der Waals surface area contributed by atoms with Crippen LogP contribution in [0.15, 0.2) is 51.4 Å². The van der Waals surface area contributed by atoms with Gasteiger partial charge in [-0.3, -0.25) is 0 Å². The van der Waals surface area contributed by atoms with Gasteiger partial charge in [0.1, 0.15) is 0 Å². The van der Waals surface area contributed by atoms with Crippen molar-refractivity contribution in [3.63, 3.8) is 0 Å². The Morgan fingerprint density at radius 1 is 1.20 bits per heavy atom. The van der Waals surface area contributed by atoms with E-state index >= 15 is 0 Å². The number of halogens is 1. The van der Waals surface area contributed by atoms with E-state index in [4.69, 9.17) is 0 Å². The molecule has 0 saturated heterocycles. The second kappa shape index (κ2) is 6.11. The number of hydrogen-bond donors (Lipinski definition) is 0. The Kier molecular flexibility index (Phi) is 4.24. The number of aromatic nitrogens is 3. The van der Waals surface area contributed by atoms with Crippen LogP contribution in [0.2, 0.25) is 0 Å². The Bertz CT molecular complexity index is 707. The average Bonchev–Trinajstić information content (AvgIpc) is 3.08. The molecule has 0 N–H and O–H groups in total. The van der Waals surface area contributed by atoms with Gasteiger partial charge in [0.25, 0.3) is 0 Å². The Hall–Kier alpha value is -1.11. The highest BCUT2D eigenvalue weighted by molar-refractivity contribution is 9.10. The van der Waals surface area contributed by atoms with Crippen LogP contribution in [-0.4, -0.2) is 14.8 Å². The van der Waals surface area contributed by atoms with Crippen LogP contribution in [0, 0.1) is 0 Å². The van der Waals surface area contributed by atoms with Gasteiger partial charge < -0.3 is 4.57 Å². The number of nitrogens with zero attached hydrogens (tertiary/aromatic N) is 3. The number of benzene rings is 1. The van der Waals surface area contributed by atoms with Gasteiger partial charge in [0, 0.05) is 17.3 Å². The quantitative estimate of drug-likeness (QED) is 0.633. The summed E-state index contributed by atoms with van der Waals surface area (Å²) in [5, 5.41) is 11.6. The smallest absolute Gasteiger partial charge is 0.191 e. The lowest BCUT2D eigenvalue weighted by Gasteiger charge is -2.04. The van der Waals surface area contributed by atoms with Crippen molar-refractivity contribution in [2.24, 2.45) is 7.05 Å². The molecule has 0 bridgehead atoms. The molecule has 3 aromatic rings. The lowest BCUT2D eigenvalue weighted by atomic mass is 10.2. The topological polar surface area (TPSA) is 30.7 Å². The molecule has 1 aromatic carbocycles. The maximum Gasteiger partial charge on any atom is 0.191 e. The predicted molar refractivity (Wildman–Crippen MR) is 88.0 cm³/mol. The van der Waals surface area contributed by atoms with E-state index in [1.807, 2.05) is 23.7 Å². The van der Waals surface area contributed by atoms with E-state index in [1.54, 1.807) is 23.1 Å². The van der Waals surface area contributed by atoms with Gasteiger partial charge in [0.15, 0.2) is 11.0 Å². The molecule has 0 aliphatic carbocycles. The third-order valence-corrected chi connectivity index (χ3v) is 5.60. The van der Waals surface area contributed by atoms with Gasteiger partial charge in [0.05, 0.1) is 4.88 Å². The normalized spacial score (nSPS) is 10.9. The minimum Gasteiger partial charge on any atom is -0.304 e. The molecule has 0 atom stereocenters. The summed E-state index contributed by atoms with van der Waals surface area (Å²) >= 11 is 6.95. The van der Waals surface area contributed by atoms with Gasteiger partial charge in [0.2, 0.25) is 0 Å². The lowest BCUT2D eigenvalue weighted by Crippen LogP contribution is -1.94. The van der Waals surface area contributed by atoms with E-state index in [1.165, 1.54) is 5.56 Å². The van der Waals surface area contributed by atoms with Crippen LogP contribution in [0.25, 0.3) is 10.7 Å². The molecule has 0 saturated carbocycles. The molecule has 20 heavy (non-hydrogen) atoms. The molecule has 0 aliphatic rings. The highest BCUT2D eigenvalue weighted by Gasteiger charge is 2.12. The van der Waals surface area contributed by atoms with Gasteiger partial charge in [-0.05, 0) is 23.1 Å². The molecule has 102 valence electrons. The first-order valence-corrected chi connectivity index (χ1v) is 8.71. The van der Waals surface area contributed by atoms with Crippen molar-refractivity contribution in [3.05, 3.63) is 51.8 Å². The number of hydrogen-bond acceptors (Lipinski definition) is 4. The standard InChI is InChI=1S/C14H12BrN3S2/c1-18-13(12-7-4-8-19-12)16-17-14(18)20-9-10-5-2-3-6-11(10)15/h2-8H,9H2,1H3. The summed E-state index contributed by atoms with van der Waals surface area (Å²) in [6.45, 7) is 0. The minimum atomic E-state index is 0.873. The van der Waals surface area contributed by atoms with Crippen molar-refractivity contribution in [2.75, 3.05) is 0 Å². The molecule has 6 heteroatoms. The highest BCUT2D eigenvalue weighted by atomic mass is 79.9. The van der Waals surface area contributed by atoms with Gasteiger partial charge in [-0.25, -0.2) is 0 Å². The van der Waals surface area contributed by atoms with E-state index in [2.05, 4.69) is 55.8 Å².